The summed E-state index contributed by atoms with van der Waals surface area (Å²) in [5, 5.41) is 10.7. The highest BCUT2D eigenvalue weighted by Crippen LogP contribution is 2.18. The van der Waals surface area contributed by atoms with Gasteiger partial charge in [-0.2, -0.15) is 0 Å². The monoisotopic (exact) mass is 223 g/mol. The van der Waals surface area contributed by atoms with E-state index in [1.54, 1.807) is 13.1 Å². The highest BCUT2D eigenvalue weighted by Gasteiger charge is 2.21. The smallest absolute Gasteiger partial charge is 0.282 e. The van der Waals surface area contributed by atoms with Gasteiger partial charge in [0.05, 0.1) is 4.92 Å². The quantitative estimate of drug-likeness (QED) is 0.598. The van der Waals surface area contributed by atoms with E-state index in [1.807, 2.05) is 0 Å². The van der Waals surface area contributed by atoms with Crippen molar-refractivity contribution in [3.05, 3.63) is 39.9 Å². The summed E-state index contributed by atoms with van der Waals surface area (Å²) < 4.78 is 0. The molecular weight excluding hydrogens is 210 g/mol. The van der Waals surface area contributed by atoms with Crippen molar-refractivity contribution in [1.82, 2.24) is 4.90 Å². The zero-order valence-corrected chi connectivity index (χ0v) is 8.92. The predicted molar refractivity (Wildman–Crippen MR) is 59.1 cm³/mol. The first-order valence-electron chi connectivity index (χ1n) is 4.77. The van der Waals surface area contributed by atoms with E-state index in [-0.39, 0.29) is 11.3 Å². The number of carbonyl (C=O) groups excluding carboxylic acids is 1. The minimum absolute atomic E-state index is 0.0865. The molecule has 0 saturated heterocycles. The molecule has 2 N–H and O–H groups in total. The summed E-state index contributed by atoms with van der Waals surface area (Å²) in [4.78, 5) is 23.3. The van der Waals surface area contributed by atoms with E-state index in [4.69, 9.17) is 5.73 Å². The summed E-state index contributed by atoms with van der Waals surface area (Å²) in [5.41, 5.74) is 5.22. The highest BCUT2D eigenvalue weighted by molar-refractivity contribution is 5.97. The van der Waals surface area contributed by atoms with Crippen LogP contribution in [0.3, 0.4) is 0 Å². The lowest BCUT2D eigenvalue weighted by atomic mass is 10.1. The number of hydrogen-bond acceptors (Lipinski definition) is 4. The number of likely N-dealkylation sites (N-methyl/N-ethyl adjacent to an activating group) is 1. The Labute approximate surface area is 92.8 Å². The maximum Gasteiger partial charge on any atom is 0.282 e. The first-order chi connectivity index (χ1) is 7.57. The second-order valence-electron chi connectivity index (χ2n) is 3.29. The maximum absolute atomic E-state index is 11.8. The molecule has 1 rings (SSSR count). The van der Waals surface area contributed by atoms with Crippen LogP contribution in [-0.2, 0) is 0 Å². The van der Waals surface area contributed by atoms with Gasteiger partial charge in [0.15, 0.2) is 0 Å². The third-order valence-corrected chi connectivity index (χ3v) is 2.14. The average Bonchev–Trinajstić information content (AvgIpc) is 2.28. The predicted octanol–water partition coefficient (Wildman–Crippen LogP) is 0.626. The number of nitro groups is 1. The number of hydrogen-bond donors (Lipinski definition) is 1. The van der Waals surface area contributed by atoms with Gasteiger partial charge in [-0.25, -0.2) is 0 Å². The fraction of sp³-hybridized carbons (Fsp3) is 0.300. The Bertz CT molecular complexity index is 406. The highest BCUT2D eigenvalue weighted by atomic mass is 16.6. The van der Waals surface area contributed by atoms with Gasteiger partial charge in [-0.3, -0.25) is 14.9 Å². The van der Waals surface area contributed by atoms with Gasteiger partial charge in [-0.05, 0) is 6.07 Å². The van der Waals surface area contributed by atoms with Crippen molar-refractivity contribution in [3.63, 3.8) is 0 Å². The summed E-state index contributed by atoms with van der Waals surface area (Å²) in [6.07, 6.45) is 0. The molecule has 1 amide bonds. The van der Waals surface area contributed by atoms with Crippen LogP contribution >= 0.6 is 0 Å². The second-order valence-corrected chi connectivity index (χ2v) is 3.29. The van der Waals surface area contributed by atoms with Gasteiger partial charge in [0.25, 0.3) is 11.6 Å². The van der Waals surface area contributed by atoms with E-state index in [0.29, 0.717) is 13.1 Å². The van der Waals surface area contributed by atoms with Gasteiger partial charge in [0.1, 0.15) is 5.56 Å². The van der Waals surface area contributed by atoms with Crippen LogP contribution in [0.2, 0.25) is 0 Å². The molecule has 0 aliphatic heterocycles. The normalized spacial score (nSPS) is 9.88. The zero-order valence-electron chi connectivity index (χ0n) is 8.92. The van der Waals surface area contributed by atoms with Crippen molar-refractivity contribution in [3.8, 4) is 0 Å². The lowest BCUT2D eigenvalue weighted by Gasteiger charge is -2.15. The molecule has 0 saturated carbocycles. The minimum atomic E-state index is -0.566. The van der Waals surface area contributed by atoms with Crippen molar-refractivity contribution in [2.75, 3.05) is 20.1 Å². The molecule has 0 fully saturated rings. The molecule has 1 aromatic carbocycles. The van der Waals surface area contributed by atoms with Gasteiger partial charge < -0.3 is 10.6 Å². The number of amides is 1. The molecule has 86 valence electrons. The van der Waals surface area contributed by atoms with E-state index in [2.05, 4.69) is 0 Å². The Kier molecular flexibility index (Phi) is 3.96. The van der Waals surface area contributed by atoms with Crippen LogP contribution < -0.4 is 5.73 Å². The molecule has 0 spiro atoms. The second kappa shape index (κ2) is 5.22. The van der Waals surface area contributed by atoms with E-state index >= 15 is 0 Å². The van der Waals surface area contributed by atoms with Crippen LogP contribution in [0.15, 0.2) is 24.3 Å². The Morgan fingerprint density at radius 3 is 2.69 bits per heavy atom. The van der Waals surface area contributed by atoms with Crippen LogP contribution in [-0.4, -0.2) is 35.9 Å². The van der Waals surface area contributed by atoms with E-state index < -0.39 is 10.8 Å². The number of para-hydroxylation sites is 1. The Morgan fingerprint density at radius 2 is 2.12 bits per heavy atom. The number of nitrogens with zero attached hydrogens (tertiary/aromatic N) is 2. The van der Waals surface area contributed by atoms with Gasteiger partial charge in [-0.15, -0.1) is 0 Å². The Morgan fingerprint density at radius 1 is 1.50 bits per heavy atom. The van der Waals surface area contributed by atoms with Crippen molar-refractivity contribution in [2.24, 2.45) is 5.73 Å². The number of carbonyl (C=O) groups is 1. The van der Waals surface area contributed by atoms with Gasteiger partial charge in [0, 0.05) is 26.2 Å². The number of benzene rings is 1. The van der Waals surface area contributed by atoms with Crippen molar-refractivity contribution >= 4 is 11.6 Å². The van der Waals surface area contributed by atoms with Crippen LogP contribution in [0.4, 0.5) is 5.69 Å². The largest absolute Gasteiger partial charge is 0.340 e. The molecule has 0 radical (unpaired) electrons. The van der Waals surface area contributed by atoms with Gasteiger partial charge in [0.2, 0.25) is 0 Å². The topological polar surface area (TPSA) is 89.5 Å². The summed E-state index contributed by atoms with van der Waals surface area (Å²) in [7, 11) is 1.56. The van der Waals surface area contributed by atoms with Gasteiger partial charge >= 0.3 is 0 Å². The number of nitro benzene ring substituents is 1. The SMILES string of the molecule is CN(CCN)C(=O)c1ccccc1[N+](=O)[O-]. The first kappa shape index (κ1) is 12.1. The molecule has 0 aromatic heterocycles. The third-order valence-electron chi connectivity index (χ3n) is 2.14. The van der Waals surface area contributed by atoms with E-state index in [0.717, 1.165) is 0 Å². The lowest BCUT2D eigenvalue weighted by Crippen LogP contribution is -2.32. The van der Waals surface area contributed by atoms with Crippen molar-refractivity contribution < 1.29 is 9.72 Å². The number of nitrogens with two attached hydrogens (primary N) is 1. The maximum atomic E-state index is 11.8. The Balaban J connectivity index is 3.03. The van der Waals surface area contributed by atoms with Crippen LogP contribution in [0.5, 0.6) is 0 Å². The molecule has 0 bridgehead atoms. The molecule has 0 heterocycles. The molecule has 1 aromatic rings. The Hall–Kier alpha value is -1.95. The molecule has 0 aliphatic carbocycles. The molecular formula is C10H13N3O3. The fourth-order valence-electron chi connectivity index (χ4n) is 1.31. The van der Waals surface area contributed by atoms with Crippen LogP contribution in [0.1, 0.15) is 10.4 Å². The molecule has 16 heavy (non-hydrogen) atoms. The van der Waals surface area contributed by atoms with Crippen LogP contribution in [0, 0.1) is 10.1 Å². The molecule has 0 unspecified atom stereocenters. The standard InChI is InChI=1S/C10H13N3O3/c1-12(7-6-11)10(14)8-4-2-3-5-9(8)13(15)16/h2-5H,6-7,11H2,1H3. The average molecular weight is 223 g/mol. The first-order valence-corrected chi connectivity index (χ1v) is 4.77. The lowest BCUT2D eigenvalue weighted by molar-refractivity contribution is -0.385. The van der Waals surface area contributed by atoms with Crippen molar-refractivity contribution in [1.29, 1.82) is 0 Å². The fourth-order valence-corrected chi connectivity index (χ4v) is 1.31. The van der Waals surface area contributed by atoms with Crippen LogP contribution in [0.25, 0.3) is 0 Å². The third kappa shape index (κ3) is 2.54. The van der Waals surface area contributed by atoms with E-state index in [1.165, 1.54) is 23.1 Å². The summed E-state index contributed by atoms with van der Waals surface area (Å²) in [5.74, 6) is -0.391. The minimum Gasteiger partial charge on any atom is -0.340 e. The molecule has 6 heteroatoms. The summed E-state index contributed by atoms with van der Waals surface area (Å²) >= 11 is 0. The van der Waals surface area contributed by atoms with Gasteiger partial charge in [-0.1, -0.05) is 12.1 Å². The summed E-state index contributed by atoms with van der Waals surface area (Å²) in [6, 6.07) is 5.87. The van der Waals surface area contributed by atoms with E-state index in [9.17, 15) is 14.9 Å². The van der Waals surface area contributed by atoms with Crippen molar-refractivity contribution in [2.45, 2.75) is 0 Å². The molecule has 0 atom stereocenters. The zero-order chi connectivity index (χ0) is 12.1. The molecule has 6 nitrogen and oxygen atoms in total. The number of rotatable bonds is 4. The molecule has 0 aliphatic rings. The summed E-state index contributed by atoms with van der Waals surface area (Å²) in [6.45, 7) is 0.688.